The van der Waals surface area contributed by atoms with Crippen molar-refractivity contribution in [2.45, 2.75) is 25.8 Å². The van der Waals surface area contributed by atoms with Crippen molar-refractivity contribution in [2.75, 3.05) is 5.32 Å². The highest BCUT2D eigenvalue weighted by atomic mass is 15.1. The SMILES string of the molecule is CC1C=Cc2c(c3cc(C4=CC=CC(C)C4c4ccccn4)ccc3n2-c2cccc(-n3c4ccc(-c5ccccc5-c5ccccn5)cc4c4ncccc43)c2)N1. The molecule has 0 saturated carbocycles. The number of rotatable bonds is 6. The highest BCUT2D eigenvalue weighted by Crippen LogP contribution is 2.44. The van der Waals surface area contributed by atoms with Crippen molar-refractivity contribution in [3.8, 4) is 33.8 Å². The Morgan fingerprint density at radius 1 is 0.569 bits per heavy atom. The quantitative estimate of drug-likeness (QED) is 0.184. The Morgan fingerprint density at radius 3 is 2.14 bits per heavy atom. The summed E-state index contributed by atoms with van der Waals surface area (Å²) in [7, 11) is 0. The summed E-state index contributed by atoms with van der Waals surface area (Å²) in [5.74, 6) is 0.510. The van der Waals surface area contributed by atoms with Crippen LogP contribution in [0, 0.1) is 5.92 Å². The second kappa shape index (κ2) is 13.7. The fourth-order valence-corrected chi connectivity index (χ4v) is 9.22. The summed E-state index contributed by atoms with van der Waals surface area (Å²) in [6.07, 6.45) is 16.9. The molecule has 1 aliphatic carbocycles. The largest absolute Gasteiger partial charge is 0.377 e. The van der Waals surface area contributed by atoms with Gasteiger partial charge in [-0.3, -0.25) is 15.0 Å². The molecule has 0 fully saturated rings. The zero-order valence-electron chi connectivity index (χ0n) is 32.3. The first-order valence-electron chi connectivity index (χ1n) is 20.0. The van der Waals surface area contributed by atoms with Crippen molar-refractivity contribution in [3.63, 3.8) is 0 Å². The van der Waals surface area contributed by atoms with Gasteiger partial charge in [0.05, 0.1) is 39.1 Å². The van der Waals surface area contributed by atoms with Crippen LogP contribution in [-0.2, 0) is 0 Å². The van der Waals surface area contributed by atoms with E-state index in [4.69, 9.17) is 9.97 Å². The second-order valence-corrected chi connectivity index (χ2v) is 15.4. The standard InChI is InChI=1S/C52H40N6/c1-33-12-9-17-40(50(33)45-19-6-8-28-54-45)36-23-26-47-43(31-36)52-49(24-21-34(2)56-52)58(47)38-14-10-13-37(32-38)57-46-25-22-35(30-42(46)51-48(57)20-11-29-55-51)39-15-3-4-16-41(39)44-18-5-7-27-53-44/h3-34,50,56H,1-2H3. The van der Waals surface area contributed by atoms with Gasteiger partial charge in [-0.15, -0.1) is 0 Å². The minimum atomic E-state index is 0.178. The summed E-state index contributed by atoms with van der Waals surface area (Å²) < 4.78 is 4.75. The van der Waals surface area contributed by atoms with Crippen molar-refractivity contribution in [2.24, 2.45) is 5.92 Å². The van der Waals surface area contributed by atoms with Crippen LogP contribution in [0.15, 0.2) is 176 Å². The normalized spacial score (nSPS) is 17.4. The fraction of sp³-hybridized carbons (Fsp3) is 0.0962. The molecule has 0 bridgehead atoms. The average Bonchev–Trinajstić information content (AvgIpc) is 3.78. The monoisotopic (exact) mass is 748 g/mol. The number of nitrogens with one attached hydrogen (secondary N) is 1. The molecular formula is C52H40N6. The zero-order valence-corrected chi connectivity index (χ0v) is 32.3. The number of nitrogens with zero attached hydrogens (tertiary/aromatic N) is 5. The van der Waals surface area contributed by atoms with Gasteiger partial charge in [0, 0.05) is 64.0 Å². The van der Waals surface area contributed by atoms with Crippen LogP contribution in [0.2, 0.25) is 0 Å². The maximum atomic E-state index is 4.96. The molecule has 6 heteroatoms. The minimum Gasteiger partial charge on any atom is -0.377 e. The summed E-state index contributed by atoms with van der Waals surface area (Å²) in [5, 5.41) is 6.14. The smallest absolute Gasteiger partial charge is 0.0963 e. The van der Waals surface area contributed by atoms with Crippen LogP contribution < -0.4 is 5.32 Å². The van der Waals surface area contributed by atoms with E-state index < -0.39 is 0 Å². The Hall–Kier alpha value is -7.31. The van der Waals surface area contributed by atoms with Gasteiger partial charge in [0.2, 0.25) is 0 Å². The van der Waals surface area contributed by atoms with Crippen LogP contribution in [0.25, 0.3) is 78.2 Å². The van der Waals surface area contributed by atoms with Gasteiger partial charge in [-0.2, -0.15) is 0 Å². The Kier molecular flexibility index (Phi) is 8.03. The third-order valence-electron chi connectivity index (χ3n) is 11.9. The number of allylic oxidation sites excluding steroid dienone is 4. The van der Waals surface area contributed by atoms with Crippen LogP contribution in [-0.4, -0.2) is 30.1 Å². The van der Waals surface area contributed by atoms with Gasteiger partial charge in [-0.05, 0) is 120 Å². The van der Waals surface area contributed by atoms with Crippen LogP contribution >= 0.6 is 0 Å². The molecule has 58 heavy (non-hydrogen) atoms. The molecule has 6 nitrogen and oxygen atoms in total. The molecule has 3 atom stereocenters. The van der Waals surface area contributed by atoms with Crippen molar-refractivity contribution in [1.29, 1.82) is 0 Å². The van der Waals surface area contributed by atoms with E-state index in [0.29, 0.717) is 5.92 Å². The van der Waals surface area contributed by atoms with E-state index >= 15 is 0 Å². The van der Waals surface area contributed by atoms with E-state index in [-0.39, 0.29) is 12.0 Å². The number of anilines is 1. The lowest BCUT2D eigenvalue weighted by atomic mass is 9.78. The predicted octanol–water partition coefficient (Wildman–Crippen LogP) is 12.4. The van der Waals surface area contributed by atoms with Crippen LogP contribution in [0.1, 0.15) is 36.7 Å². The van der Waals surface area contributed by atoms with Gasteiger partial charge in [0.25, 0.3) is 0 Å². The summed E-state index contributed by atoms with van der Waals surface area (Å²) in [4.78, 5) is 14.4. The molecule has 0 amide bonds. The molecule has 0 saturated heterocycles. The number of pyridine rings is 3. The fourth-order valence-electron chi connectivity index (χ4n) is 9.22. The van der Waals surface area contributed by atoms with Gasteiger partial charge in [0.15, 0.2) is 0 Å². The van der Waals surface area contributed by atoms with Gasteiger partial charge in [-0.25, -0.2) is 0 Å². The summed E-state index contributed by atoms with van der Waals surface area (Å²) in [6.45, 7) is 4.49. The first-order chi connectivity index (χ1) is 28.6. The van der Waals surface area contributed by atoms with Crippen molar-refractivity contribution >= 4 is 50.2 Å². The number of hydrogen-bond donors (Lipinski definition) is 1. The van der Waals surface area contributed by atoms with E-state index in [1.165, 1.54) is 16.5 Å². The summed E-state index contributed by atoms with van der Waals surface area (Å²) >= 11 is 0. The molecular weight excluding hydrogens is 709 g/mol. The summed E-state index contributed by atoms with van der Waals surface area (Å²) in [5.41, 5.74) is 16.7. The second-order valence-electron chi connectivity index (χ2n) is 15.4. The van der Waals surface area contributed by atoms with E-state index in [9.17, 15) is 0 Å². The van der Waals surface area contributed by atoms with Crippen molar-refractivity contribution in [1.82, 2.24) is 24.1 Å². The molecule has 11 rings (SSSR count). The topological polar surface area (TPSA) is 60.6 Å². The molecule has 4 aromatic carbocycles. The lowest BCUT2D eigenvalue weighted by Crippen LogP contribution is -2.16. The van der Waals surface area contributed by atoms with Crippen molar-refractivity contribution < 1.29 is 0 Å². The first kappa shape index (κ1) is 34.0. The van der Waals surface area contributed by atoms with E-state index in [1.54, 1.807) is 0 Å². The van der Waals surface area contributed by atoms with Gasteiger partial charge >= 0.3 is 0 Å². The lowest BCUT2D eigenvalue weighted by Gasteiger charge is -2.27. The molecule has 1 aliphatic heterocycles. The molecule has 278 valence electrons. The molecule has 3 unspecified atom stereocenters. The zero-order chi connectivity index (χ0) is 38.7. The molecule has 2 aliphatic rings. The molecule has 0 spiro atoms. The van der Waals surface area contributed by atoms with E-state index in [1.807, 2.05) is 42.9 Å². The van der Waals surface area contributed by atoms with Gasteiger partial charge in [-0.1, -0.05) is 85.8 Å². The molecule has 0 radical (unpaired) electrons. The Balaban J connectivity index is 1.05. The third kappa shape index (κ3) is 5.52. The Bertz CT molecular complexity index is 3130. The third-order valence-corrected chi connectivity index (χ3v) is 11.9. The van der Waals surface area contributed by atoms with Gasteiger partial charge in [0.1, 0.15) is 0 Å². The Labute approximate surface area is 337 Å². The van der Waals surface area contributed by atoms with Gasteiger partial charge < -0.3 is 14.5 Å². The maximum absolute atomic E-state index is 4.96. The highest BCUT2D eigenvalue weighted by Gasteiger charge is 2.28. The lowest BCUT2D eigenvalue weighted by molar-refractivity contribution is 0.634. The molecule has 6 heterocycles. The molecule has 1 N–H and O–H groups in total. The van der Waals surface area contributed by atoms with Crippen molar-refractivity contribution in [3.05, 3.63) is 193 Å². The highest BCUT2D eigenvalue weighted by molar-refractivity contribution is 6.09. The first-order valence-corrected chi connectivity index (χ1v) is 20.0. The van der Waals surface area contributed by atoms with Crippen LogP contribution in [0.5, 0.6) is 0 Å². The van der Waals surface area contributed by atoms with E-state index in [0.717, 1.165) is 78.3 Å². The maximum Gasteiger partial charge on any atom is 0.0963 e. The predicted molar refractivity (Wildman–Crippen MR) is 239 cm³/mol. The summed E-state index contributed by atoms with van der Waals surface area (Å²) in [6, 6.07) is 47.8. The molecule has 5 aromatic heterocycles. The number of benzene rings is 4. The number of fused-ring (bicyclic) bond motifs is 6. The molecule has 9 aromatic rings. The van der Waals surface area contributed by atoms with E-state index in [2.05, 4.69) is 173 Å². The Morgan fingerprint density at radius 2 is 1.31 bits per heavy atom. The number of hydrogen-bond acceptors (Lipinski definition) is 4. The number of aromatic nitrogens is 5. The average molecular weight is 749 g/mol. The van der Waals surface area contributed by atoms with Crippen LogP contribution in [0.3, 0.4) is 0 Å². The van der Waals surface area contributed by atoms with Crippen LogP contribution in [0.4, 0.5) is 5.69 Å². The minimum absolute atomic E-state index is 0.178.